The zero-order valence-electron chi connectivity index (χ0n) is 11.4. The van der Waals surface area contributed by atoms with Gasteiger partial charge in [0.25, 0.3) is 0 Å². The van der Waals surface area contributed by atoms with Crippen molar-refractivity contribution in [2.75, 3.05) is 33.1 Å². The SMILES string of the molecule is COc1ccccc1Nc1nnc(CCN(C)C)o1. The molecule has 6 heteroatoms. The fraction of sp³-hybridized carbons (Fsp3) is 0.385. The number of hydrogen-bond acceptors (Lipinski definition) is 6. The van der Waals surface area contributed by atoms with Gasteiger partial charge in [-0.1, -0.05) is 17.2 Å². The Bertz CT molecular complexity index is 525. The molecule has 6 nitrogen and oxygen atoms in total. The second-order valence-electron chi connectivity index (χ2n) is 4.38. The van der Waals surface area contributed by atoms with E-state index in [-0.39, 0.29) is 0 Å². The van der Waals surface area contributed by atoms with Crippen LogP contribution < -0.4 is 10.1 Å². The number of aromatic nitrogens is 2. The molecule has 2 aromatic rings. The summed E-state index contributed by atoms with van der Waals surface area (Å²) in [7, 11) is 5.63. The van der Waals surface area contributed by atoms with Gasteiger partial charge in [-0.25, -0.2) is 0 Å². The molecule has 0 saturated carbocycles. The quantitative estimate of drug-likeness (QED) is 0.858. The molecule has 0 saturated heterocycles. The second kappa shape index (κ2) is 6.19. The summed E-state index contributed by atoms with van der Waals surface area (Å²) in [5.41, 5.74) is 0.799. The van der Waals surface area contributed by atoms with Crippen molar-refractivity contribution in [3.05, 3.63) is 30.2 Å². The topological polar surface area (TPSA) is 63.4 Å². The number of hydrogen-bond donors (Lipinski definition) is 1. The van der Waals surface area contributed by atoms with Crippen LogP contribution in [0.3, 0.4) is 0 Å². The largest absolute Gasteiger partial charge is 0.495 e. The van der Waals surface area contributed by atoms with E-state index in [0.717, 1.165) is 24.4 Å². The monoisotopic (exact) mass is 262 g/mol. The van der Waals surface area contributed by atoms with Crippen LogP contribution in [0.15, 0.2) is 28.7 Å². The van der Waals surface area contributed by atoms with E-state index in [1.54, 1.807) is 7.11 Å². The Hall–Kier alpha value is -2.08. The van der Waals surface area contributed by atoms with Crippen molar-refractivity contribution in [1.29, 1.82) is 0 Å². The summed E-state index contributed by atoms with van der Waals surface area (Å²) in [5, 5.41) is 11.0. The van der Waals surface area contributed by atoms with Crippen molar-refractivity contribution in [3.63, 3.8) is 0 Å². The molecule has 0 unspecified atom stereocenters. The summed E-state index contributed by atoms with van der Waals surface area (Å²) in [6.07, 6.45) is 0.730. The maximum absolute atomic E-state index is 5.52. The molecule has 19 heavy (non-hydrogen) atoms. The molecule has 0 atom stereocenters. The Labute approximate surface area is 112 Å². The molecule has 0 bridgehead atoms. The Morgan fingerprint density at radius 2 is 2.05 bits per heavy atom. The molecule has 1 heterocycles. The minimum atomic E-state index is 0.373. The van der Waals surface area contributed by atoms with Crippen molar-refractivity contribution >= 4 is 11.7 Å². The first kappa shape index (κ1) is 13.4. The van der Waals surface area contributed by atoms with Crippen molar-refractivity contribution in [2.45, 2.75) is 6.42 Å². The van der Waals surface area contributed by atoms with Gasteiger partial charge in [0.05, 0.1) is 12.8 Å². The van der Waals surface area contributed by atoms with Crippen molar-refractivity contribution in [3.8, 4) is 5.75 Å². The van der Waals surface area contributed by atoms with Crippen LogP contribution in [0.1, 0.15) is 5.89 Å². The Morgan fingerprint density at radius 3 is 2.79 bits per heavy atom. The number of methoxy groups -OCH3 is 1. The third kappa shape index (κ3) is 3.69. The lowest BCUT2D eigenvalue weighted by atomic mass is 10.3. The van der Waals surface area contributed by atoms with Crippen LogP contribution in [0.5, 0.6) is 5.75 Å². The number of benzene rings is 1. The van der Waals surface area contributed by atoms with E-state index in [9.17, 15) is 0 Å². The zero-order chi connectivity index (χ0) is 13.7. The summed E-state index contributed by atoms with van der Waals surface area (Å²) >= 11 is 0. The van der Waals surface area contributed by atoms with Crippen LogP contribution in [0.2, 0.25) is 0 Å². The fourth-order valence-electron chi connectivity index (χ4n) is 1.59. The molecular weight excluding hydrogens is 244 g/mol. The number of para-hydroxylation sites is 2. The highest BCUT2D eigenvalue weighted by Gasteiger charge is 2.08. The van der Waals surface area contributed by atoms with E-state index < -0.39 is 0 Å². The molecule has 2 rings (SSSR count). The normalized spacial score (nSPS) is 10.7. The number of likely N-dealkylation sites (N-methyl/N-ethyl adjacent to an activating group) is 1. The van der Waals surface area contributed by atoms with Gasteiger partial charge in [-0.05, 0) is 26.2 Å². The molecule has 0 aliphatic carbocycles. The molecule has 1 aromatic carbocycles. The molecule has 1 N–H and O–H groups in total. The van der Waals surface area contributed by atoms with E-state index in [2.05, 4.69) is 20.4 Å². The number of rotatable bonds is 6. The number of anilines is 2. The highest BCUT2D eigenvalue weighted by Crippen LogP contribution is 2.26. The Balaban J connectivity index is 2.03. The van der Waals surface area contributed by atoms with Gasteiger partial charge in [0.2, 0.25) is 5.89 Å². The molecule has 0 fully saturated rings. The molecule has 0 radical (unpaired) electrons. The lowest BCUT2D eigenvalue weighted by molar-refractivity contribution is 0.387. The van der Waals surface area contributed by atoms with Crippen LogP contribution in [0.25, 0.3) is 0 Å². The predicted octanol–water partition coefficient (Wildman–Crippen LogP) is 1.93. The summed E-state index contributed by atoms with van der Waals surface area (Å²) < 4.78 is 10.8. The summed E-state index contributed by atoms with van der Waals surface area (Å²) in [4.78, 5) is 2.07. The summed E-state index contributed by atoms with van der Waals surface area (Å²) in [5.74, 6) is 1.35. The second-order valence-corrected chi connectivity index (χ2v) is 4.38. The Kier molecular flexibility index (Phi) is 4.35. The maximum atomic E-state index is 5.52. The first-order valence-electron chi connectivity index (χ1n) is 6.06. The number of ether oxygens (including phenoxy) is 1. The first-order valence-corrected chi connectivity index (χ1v) is 6.06. The molecule has 0 aliphatic heterocycles. The van der Waals surface area contributed by atoms with E-state index in [0.29, 0.717) is 11.9 Å². The lowest BCUT2D eigenvalue weighted by Gasteiger charge is -2.07. The van der Waals surface area contributed by atoms with E-state index in [4.69, 9.17) is 9.15 Å². The van der Waals surface area contributed by atoms with Crippen LogP contribution >= 0.6 is 0 Å². The molecule has 1 aromatic heterocycles. The third-order valence-electron chi connectivity index (χ3n) is 2.59. The average molecular weight is 262 g/mol. The zero-order valence-corrected chi connectivity index (χ0v) is 11.4. The predicted molar refractivity (Wildman–Crippen MR) is 72.8 cm³/mol. The van der Waals surface area contributed by atoms with E-state index in [1.165, 1.54) is 0 Å². The Morgan fingerprint density at radius 1 is 1.26 bits per heavy atom. The van der Waals surface area contributed by atoms with Crippen LogP contribution in [0.4, 0.5) is 11.7 Å². The van der Waals surface area contributed by atoms with Gasteiger partial charge in [-0.2, -0.15) is 0 Å². The van der Waals surface area contributed by atoms with Gasteiger partial charge in [0, 0.05) is 13.0 Å². The van der Waals surface area contributed by atoms with Gasteiger partial charge in [0.15, 0.2) is 0 Å². The van der Waals surface area contributed by atoms with Crippen LogP contribution in [0, 0.1) is 0 Å². The van der Waals surface area contributed by atoms with Crippen molar-refractivity contribution in [1.82, 2.24) is 15.1 Å². The maximum Gasteiger partial charge on any atom is 0.320 e. The van der Waals surface area contributed by atoms with Gasteiger partial charge in [0.1, 0.15) is 5.75 Å². The smallest absolute Gasteiger partial charge is 0.320 e. The summed E-state index contributed by atoms with van der Waals surface area (Å²) in [6.45, 7) is 0.871. The van der Waals surface area contributed by atoms with Gasteiger partial charge in [-0.3, -0.25) is 0 Å². The third-order valence-corrected chi connectivity index (χ3v) is 2.59. The van der Waals surface area contributed by atoms with Crippen LogP contribution in [-0.4, -0.2) is 42.8 Å². The average Bonchev–Trinajstić information content (AvgIpc) is 2.85. The fourth-order valence-corrected chi connectivity index (χ4v) is 1.59. The molecule has 0 spiro atoms. The van der Waals surface area contributed by atoms with E-state index in [1.807, 2.05) is 38.4 Å². The molecule has 0 amide bonds. The molecule has 0 aliphatic rings. The highest BCUT2D eigenvalue weighted by atomic mass is 16.5. The van der Waals surface area contributed by atoms with Crippen molar-refractivity contribution in [2.24, 2.45) is 0 Å². The van der Waals surface area contributed by atoms with Crippen molar-refractivity contribution < 1.29 is 9.15 Å². The first-order chi connectivity index (χ1) is 9.19. The standard InChI is InChI=1S/C13H18N4O2/c1-17(2)9-8-12-15-16-13(19-12)14-10-6-4-5-7-11(10)18-3/h4-7H,8-9H2,1-3H3,(H,14,16). The lowest BCUT2D eigenvalue weighted by Crippen LogP contribution is -2.15. The van der Waals surface area contributed by atoms with Gasteiger partial charge >= 0.3 is 6.01 Å². The highest BCUT2D eigenvalue weighted by molar-refractivity contribution is 5.61. The summed E-state index contributed by atoms with van der Waals surface area (Å²) in [6, 6.07) is 7.95. The molecule has 102 valence electrons. The minimum Gasteiger partial charge on any atom is -0.495 e. The number of nitrogens with zero attached hydrogens (tertiary/aromatic N) is 3. The minimum absolute atomic E-state index is 0.373. The number of nitrogens with one attached hydrogen (secondary N) is 1. The molecular formula is C13H18N4O2. The van der Waals surface area contributed by atoms with Crippen LogP contribution in [-0.2, 0) is 6.42 Å². The van der Waals surface area contributed by atoms with Gasteiger partial charge < -0.3 is 19.4 Å². The van der Waals surface area contributed by atoms with E-state index >= 15 is 0 Å². The van der Waals surface area contributed by atoms with Gasteiger partial charge in [-0.15, -0.1) is 5.10 Å².